The van der Waals surface area contributed by atoms with Gasteiger partial charge in [-0.05, 0) is 62.2 Å². The Hall–Kier alpha value is -3.63. The van der Waals surface area contributed by atoms with Gasteiger partial charge in [-0.2, -0.15) is 0 Å². The highest BCUT2D eigenvalue weighted by molar-refractivity contribution is 6.30. The van der Waals surface area contributed by atoms with Crippen LogP contribution in [-0.4, -0.2) is 44.9 Å². The Labute approximate surface area is 212 Å². The molecule has 1 atom stereocenters. The number of rotatable bonds is 9. The van der Waals surface area contributed by atoms with Crippen LogP contribution in [0.5, 0.6) is 5.75 Å². The van der Waals surface area contributed by atoms with Gasteiger partial charge in [-0.25, -0.2) is 19.1 Å². The molecule has 1 heterocycles. The summed E-state index contributed by atoms with van der Waals surface area (Å²) in [5.74, 6) is 0.134. The number of carbonyl (C=O) groups is 1. The van der Waals surface area contributed by atoms with Crippen LogP contribution in [0.3, 0.4) is 0 Å². The Bertz CT molecular complexity index is 1410. The number of aryl methyl sites for hydroxylation is 1. The molecule has 3 aromatic rings. The second-order valence-corrected chi connectivity index (χ2v) is 8.93. The van der Waals surface area contributed by atoms with Crippen molar-refractivity contribution in [1.82, 2.24) is 19.4 Å². The topological polar surface area (TPSA) is 131 Å². The van der Waals surface area contributed by atoms with Crippen molar-refractivity contribution in [1.29, 1.82) is 0 Å². The van der Waals surface area contributed by atoms with E-state index in [9.17, 15) is 19.5 Å². The number of nitrogens with one attached hydrogen (secondary N) is 2. The minimum Gasteiger partial charge on any atom is -0.491 e. The summed E-state index contributed by atoms with van der Waals surface area (Å²) in [4.78, 5) is 46.2. The van der Waals surface area contributed by atoms with Crippen molar-refractivity contribution < 1.29 is 14.6 Å². The lowest BCUT2D eigenvalue weighted by Crippen LogP contribution is -2.53. The molecule has 0 aliphatic rings. The van der Waals surface area contributed by atoms with E-state index in [2.05, 4.69) is 15.3 Å². The Morgan fingerprint density at radius 1 is 1.19 bits per heavy atom. The van der Waals surface area contributed by atoms with Crippen molar-refractivity contribution in [3.05, 3.63) is 85.2 Å². The number of aliphatic hydroxyl groups excluding tert-OH is 1. The molecule has 0 unspecified atom stereocenters. The quantitative estimate of drug-likeness (QED) is 0.401. The minimum absolute atomic E-state index is 0.00385. The highest BCUT2D eigenvalue weighted by Crippen LogP contribution is 2.24. The molecular formula is C25H30ClN5O5. The van der Waals surface area contributed by atoms with Crippen LogP contribution < -0.4 is 27.1 Å². The summed E-state index contributed by atoms with van der Waals surface area (Å²) in [5, 5.41) is 12.4. The normalized spacial score (nSPS) is 12.6. The number of benzene rings is 2. The van der Waals surface area contributed by atoms with Gasteiger partial charge in [-0.1, -0.05) is 23.7 Å². The smallest absolute Gasteiger partial charge is 0.336 e. The van der Waals surface area contributed by atoms with Gasteiger partial charge in [0.1, 0.15) is 11.8 Å². The molecule has 11 heteroatoms. The molecule has 0 aliphatic carbocycles. The number of halogens is 1. The highest BCUT2D eigenvalue weighted by atomic mass is 35.5. The lowest BCUT2D eigenvalue weighted by Gasteiger charge is -2.18. The van der Waals surface area contributed by atoms with Crippen molar-refractivity contribution in [3.8, 4) is 5.75 Å². The Kier molecular flexibility index (Phi) is 8.89. The van der Waals surface area contributed by atoms with Crippen molar-refractivity contribution in [3.63, 3.8) is 0 Å². The van der Waals surface area contributed by atoms with Crippen LogP contribution in [-0.2, 0) is 11.3 Å². The van der Waals surface area contributed by atoms with E-state index in [-0.39, 0.29) is 24.7 Å². The summed E-state index contributed by atoms with van der Waals surface area (Å²) < 4.78 is 7.84. The fraction of sp³-hybridized carbons (Fsp3) is 0.360. The van der Waals surface area contributed by atoms with Crippen molar-refractivity contribution in [2.45, 2.75) is 45.9 Å². The molecule has 192 valence electrons. The van der Waals surface area contributed by atoms with Crippen LogP contribution in [0, 0.1) is 6.92 Å². The zero-order chi connectivity index (χ0) is 26.4. The Morgan fingerprint density at radius 3 is 2.47 bits per heavy atom. The molecule has 10 nitrogen and oxygen atoms in total. The third kappa shape index (κ3) is 6.32. The van der Waals surface area contributed by atoms with Crippen LogP contribution >= 0.6 is 11.6 Å². The third-order valence-electron chi connectivity index (χ3n) is 5.40. The van der Waals surface area contributed by atoms with Gasteiger partial charge in [0, 0.05) is 25.1 Å². The first-order valence-corrected chi connectivity index (χ1v) is 11.9. The van der Waals surface area contributed by atoms with Crippen molar-refractivity contribution in [2.75, 3.05) is 13.7 Å². The first-order chi connectivity index (χ1) is 17.1. The summed E-state index contributed by atoms with van der Waals surface area (Å²) in [6.45, 7) is 5.40. The van der Waals surface area contributed by atoms with Crippen molar-refractivity contribution in [2.24, 2.45) is 4.99 Å². The van der Waals surface area contributed by atoms with Crippen LogP contribution in [0.25, 0.3) is 0 Å². The fourth-order valence-electron chi connectivity index (χ4n) is 3.69. The largest absolute Gasteiger partial charge is 0.491 e. The second-order valence-electron chi connectivity index (χ2n) is 8.49. The molecule has 1 aromatic heterocycles. The zero-order valence-corrected chi connectivity index (χ0v) is 21.4. The van der Waals surface area contributed by atoms with Gasteiger partial charge in [0.25, 0.3) is 0 Å². The van der Waals surface area contributed by atoms with E-state index in [0.29, 0.717) is 16.5 Å². The average Bonchev–Trinajstić information content (AvgIpc) is 2.83. The fourth-order valence-corrected chi connectivity index (χ4v) is 3.81. The number of nitrogens with zero attached hydrogens (tertiary/aromatic N) is 3. The molecule has 3 rings (SSSR count). The maximum atomic E-state index is 13.6. The van der Waals surface area contributed by atoms with E-state index in [1.165, 1.54) is 11.6 Å². The number of carbonyl (C=O) groups excluding carboxylic acids is 1. The van der Waals surface area contributed by atoms with Gasteiger partial charge in [-0.15, -0.1) is 0 Å². The van der Waals surface area contributed by atoms with Gasteiger partial charge in [0.15, 0.2) is 0 Å². The molecule has 0 bridgehead atoms. The van der Waals surface area contributed by atoms with E-state index in [4.69, 9.17) is 16.3 Å². The van der Waals surface area contributed by atoms with E-state index >= 15 is 0 Å². The SMILES string of the molecule is CNC(=O)[C@H](CCO)n1c(=O)[nH]/c(=N\c2ccc(OC(C)C)c(C)c2)n(Cc2ccc(Cl)cc2)c1=O. The summed E-state index contributed by atoms with van der Waals surface area (Å²) in [5.41, 5.74) is 0.516. The molecule has 0 aliphatic heterocycles. The Morgan fingerprint density at radius 2 is 1.89 bits per heavy atom. The highest BCUT2D eigenvalue weighted by Gasteiger charge is 2.24. The molecule has 0 radical (unpaired) electrons. The van der Waals surface area contributed by atoms with Gasteiger partial charge >= 0.3 is 11.4 Å². The number of aliphatic hydroxyl groups is 1. The van der Waals surface area contributed by atoms with E-state index in [1.807, 2.05) is 20.8 Å². The lowest BCUT2D eigenvalue weighted by atomic mass is 10.2. The number of amides is 1. The number of hydrogen-bond donors (Lipinski definition) is 3. The van der Waals surface area contributed by atoms with Gasteiger partial charge in [0.05, 0.1) is 18.3 Å². The number of H-pyrrole nitrogens is 1. The van der Waals surface area contributed by atoms with E-state index in [0.717, 1.165) is 15.7 Å². The lowest BCUT2D eigenvalue weighted by molar-refractivity contribution is -0.124. The van der Waals surface area contributed by atoms with E-state index in [1.54, 1.807) is 42.5 Å². The predicted octanol–water partition coefficient (Wildman–Crippen LogP) is 2.04. The molecule has 0 spiro atoms. The first-order valence-electron chi connectivity index (χ1n) is 11.5. The number of ether oxygens (including phenoxy) is 1. The maximum Gasteiger partial charge on any atom is 0.336 e. The average molecular weight is 516 g/mol. The summed E-state index contributed by atoms with van der Waals surface area (Å²) in [7, 11) is 1.40. The second kappa shape index (κ2) is 11.9. The third-order valence-corrected chi connectivity index (χ3v) is 5.66. The molecule has 0 saturated carbocycles. The molecule has 0 saturated heterocycles. The van der Waals surface area contributed by atoms with Crippen LogP contribution in [0.4, 0.5) is 5.69 Å². The van der Waals surface area contributed by atoms with Crippen LogP contribution in [0.2, 0.25) is 5.02 Å². The summed E-state index contributed by atoms with van der Waals surface area (Å²) in [6.07, 6.45) is -0.111. The molecular weight excluding hydrogens is 486 g/mol. The number of aromatic amines is 1. The van der Waals surface area contributed by atoms with E-state index < -0.39 is 29.9 Å². The number of likely N-dealkylation sites (N-methyl/N-ethyl adjacent to an activating group) is 1. The minimum atomic E-state index is -1.20. The maximum absolute atomic E-state index is 13.6. The van der Waals surface area contributed by atoms with Crippen molar-refractivity contribution >= 4 is 23.2 Å². The molecule has 36 heavy (non-hydrogen) atoms. The molecule has 1 amide bonds. The molecule has 0 fully saturated rings. The zero-order valence-electron chi connectivity index (χ0n) is 20.6. The standard InChI is InChI=1S/C25H30ClN5O5/c1-15(2)36-21-10-9-19(13-16(21)3)28-23-29-24(34)31(20(11-12-32)22(33)27-4)25(35)30(23)14-17-5-7-18(26)8-6-17/h5-10,13,15,20,32H,11-12,14H2,1-4H3,(H,27,33)(H,28,29,34)/t20-/m0/s1. The molecule has 3 N–H and O–H groups in total. The van der Waals surface area contributed by atoms with Gasteiger partial charge in [-0.3, -0.25) is 14.3 Å². The monoisotopic (exact) mass is 515 g/mol. The number of aromatic nitrogens is 3. The van der Waals surface area contributed by atoms with Gasteiger partial charge in [0.2, 0.25) is 11.5 Å². The summed E-state index contributed by atoms with van der Waals surface area (Å²) >= 11 is 6.00. The predicted molar refractivity (Wildman–Crippen MR) is 137 cm³/mol. The first kappa shape index (κ1) is 27.0. The summed E-state index contributed by atoms with van der Waals surface area (Å²) in [6, 6.07) is 11.0. The van der Waals surface area contributed by atoms with Gasteiger partial charge < -0.3 is 15.2 Å². The number of hydrogen-bond acceptors (Lipinski definition) is 6. The molecule has 2 aromatic carbocycles. The Balaban J connectivity index is 2.23. The van der Waals surface area contributed by atoms with Crippen LogP contribution in [0.15, 0.2) is 57.0 Å². The van der Waals surface area contributed by atoms with Crippen LogP contribution in [0.1, 0.15) is 37.4 Å².